The van der Waals surface area contributed by atoms with Crippen molar-refractivity contribution in [3.8, 4) is 0 Å². The fourth-order valence-electron chi connectivity index (χ4n) is 1.44. The molecule has 0 aliphatic heterocycles. The van der Waals surface area contributed by atoms with Gasteiger partial charge in [-0.1, -0.05) is 12.1 Å². The Morgan fingerprint density at radius 2 is 2.40 bits per heavy atom. The minimum atomic E-state index is 0.568. The molecule has 0 saturated carbocycles. The van der Waals surface area contributed by atoms with Crippen molar-refractivity contribution in [2.24, 2.45) is 0 Å². The van der Waals surface area contributed by atoms with Crippen LogP contribution in [0.2, 0.25) is 0 Å². The highest BCUT2D eigenvalue weighted by atomic mass is 15.0. The number of fused-ring (bicyclic) bond motifs is 1. The summed E-state index contributed by atoms with van der Waals surface area (Å²) < 4.78 is 2.00. The molecule has 2 aromatic rings. The molecule has 1 N–H and O–H groups in total. The highest BCUT2D eigenvalue weighted by Crippen LogP contribution is 2.05. The van der Waals surface area contributed by atoms with E-state index in [9.17, 15) is 0 Å². The van der Waals surface area contributed by atoms with Gasteiger partial charge in [-0.15, -0.1) is 0 Å². The van der Waals surface area contributed by atoms with Gasteiger partial charge in [-0.25, -0.2) is 4.98 Å². The summed E-state index contributed by atoms with van der Waals surface area (Å²) in [5, 5.41) is 7.26. The number of nitrogens with zero attached hydrogens (tertiary/aromatic N) is 2. The molecule has 15 heavy (non-hydrogen) atoms. The van der Waals surface area contributed by atoms with Gasteiger partial charge in [0.2, 0.25) is 0 Å². The summed E-state index contributed by atoms with van der Waals surface area (Å²) in [6, 6.07) is 5.94. The van der Waals surface area contributed by atoms with Crippen LogP contribution < -0.4 is 0 Å². The van der Waals surface area contributed by atoms with Gasteiger partial charge in [-0.2, -0.15) is 0 Å². The van der Waals surface area contributed by atoms with E-state index in [2.05, 4.69) is 4.98 Å². The summed E-state index contributed by atoms with van der Waals surface area (Å²) in [5.74, 6) is 0. The summed E-state index contributed by atoms with van der Waals surface area (Å²) >= 11 is 0. The zero-order chi connectivity index (χ0) is 10.7. The number of allylic oxidation sites excluding steroid dienone is 2. The highest BCUT2D eigenvalue weighted by molar-refractivity contribution is 5.89. The molecule has 0 saturated heterocycles. The van der Waals surface area contributed by atoms with Crippen LogP contribution in [0.1, 0.15) is 12.6 Å². The highest BCUT2D eigenvalue weighted by Gasteiger charge is 1.97. The monoisotopic (exact) mass is 199 g/mol. The van der Waals surface area contributed by atoms with Crippen LogP contribution in [0.4, 0.5) is 0 Å². The third kappa shape index (κ3) is 2.31. The van der Waals surface area contributed by atoms with Crippen LogP contribution in [0.15, 0.2) is 42.7 Å². The van der Waals surface area contributed by atoms with Crippen LogP contribution in [-0.4, -0.2) is 15.1 Å². The van der Waals surface area contributed by atoms with E-state index in [1.807, 2.05) is 41.1 Å². The molecule has 0 atom stereocenters. The number of pyridine rings is 1. The lowest BCUT2D eigenvalue weighted by atomic mass is 10.3. The minimum absolute atomic E-state index is 0.568. The molecular weight excluding hydrogens is 186 g/mol. The smallest absolute Gasteiger partial charge is 0.136 e. The fourth-order valence-corrected chi connectivity index (χ4v) is 1.44. The van der Waals surface area contributed by atoms with Crippen LogP contribution in [0.25, 0.3) is 5.65 Å². The van der Waals surface area contributed by atoms with Gasteiger partial charge >= 0.3 is 0 Å². The van der Waals surface area contributed by atoms with E-state index in [-0.39, 0.29) is 0 Å². The van der Waals surface area contributed by atoms with E-state index in [4.69, 9.17) is 5.41 Å². The van der Waals surface area contributed by atoms with Gasteiger partial charge in [0.1, 0.15) is 5.65 Å². The Morgan fingerprint density at radius 3 is 3.13 bits per heavy atom. The molecule has 0 spiro atoms. The summed E-state index contributed by atoms with van der Waals surface area (Å²) in [7, 11) is 0. The van der Waals surface area contributed by atoms with Gasteiger partial charge in [0.15, 0.2) is 0 Å². The van der Waals surface area contributed by atoms with Crippen molar-refractivity contribution >= 4 is 11.4 Å². The zero-order valence-corrected chi connectivity index (χ0v) is 8.64. The Balaban J connectivity index is 2.19. The lowest BCUT2D eigenvalue weighted by molar-refractivity contribution is 1.16. The normalized spacial score (nSPS) is 11.3. The Labute approximate surface area is 88.6 Å². The molecule has 2 rings (SSSR count). The van der Waals surface area contributed by atoms with Crippen molar-refractivity contribution in [2.45, 2.75) is 13.3 Å². The second-order valence-corrected chi connectivity index (χ2v) is 3.49. The van der Waals surface area contributed by atoms with Crippen LogP contribution >= 0.6 is 0 Å². The molecular formula is C12H13N3. The lowest BCUT2D eigenvalue weighted by Gasteiger charge is -1.86. The molecule has 0 unspecified atom stereocenters. The van der Waals surface area contributed by atoms with Crippen molar-refractivity contribution in [3.63, 3.8) is 0 Å². The van der Waals surface area contributed by atoms with Crippen molar-refractivity contribution in [3.05, 3.63) is 48.4 Å². The first-order valence-electron chi connectivity index (χ1n) is 4.90. The standard InChI is InChI=1S/C12H13N3/c1-10(13)5-4-6-11-9-15-8-3-2-7-12(15)14-11/h2-5,7-9,13H,6H2,1H3. The van der Waals surface area contributed by atoms with Gasteiger partial charge in [0.05, 0.1) is 5.69 Å². The van der Waals surface area contributed by atoms with Gasteiger partial charge in [-0.3, -0.25) is 0 Å². The van der Waals surface area contributed by atoms with Crippen LogP contribution in [0.3, 0.4) is 0 Å². The Hall–Kier alpha value is -1.90. The molecule has 0 radical (unpaired) electrons. The van der Waals surface area contributed by atoms with Crippen molar-refractivity contribution in [2.75, 3.05) is 0 Å². The first kappa shape index (κ1) is 9.65. The molecule has 3 nitrogen and oxygen atoms in total. The largest absolute Gasteiger partial charge is 0.307 e. The average Bonchev–Trinajstić information content (AvgIpc) is 2.59. The first-order chi connectivity index (χ1) is 7.25. The molecule has 0 aromatic carbocycles. The second kappa shape index (κ2) is 4.09. The number of rotatable bonds is 3. The number of hydrogen-bond acceptors (Lipinski definition) is 2. The maximum atomic E-state index is 7.26. The van der Waals surface area contributed by atoms with Gasteiger partial charge < -0.3 is 9.81 Å². The van der Waals surface area contributed by atoms with E-state index in [1.54, 1.807) is 13.0 Å². The molecule has 2 heterocycles. The maximum Gasteiger partial charge on any atom is 0.136 e. The Kier molecular flexibility index (Phi) is 2.63. The molecule has 0 aliphatic carbocycles. The Morgan fingerprint density at radius 1 is 1.53 bits per heavy atom. The summed E-state index contributed by atoms with van der Waals surface area (Å²) in [6.07, 6.45) is 8.53. The van der Waals surface area contributed by atoms with Crippen LogP contribution in [0, 0.1) is 5.41 Å². The van der Waals surface area contributed by atoms with Crippen molar-refractivity contribution in [1.29, 1.82) is 5.41 Å². The predicted molar refractivity (Wildman–Crippen MR) is 61.4 cm³/mol. The van der Waals surface area contributed by atoms with Gasteiger partial charge in [0, 0.05) is 24.5 Å². The third-order valence-corrected chi connectivity index (χ3v) is 2.11. The van der Waals surface area contributed by atoms with E-state index in [0.717, 1.165) is 17.8 Å². The summed E-state index contributed by atoms with van der Waals surface area (Å²) in [6.45, 7) is 1.76. The molecule has 76 valence electrons. The molecule has 0 aliphatic rings. The quantitative estimate of drug-likeness (QED) is 0.758. The first-order valence-corrected chi connectivity index (χ1v) is 4.90. The minimum Gasteiger partial charge on any atom is -0.307 e. The fraction of sp³-hybridized carbons (Fsp3) is 0.167. The number of hydrogen-bond donors (Lipinski definition) is 1. The molecule has 3 heteroatoms. The molecule has 0 bridgehead atoms. The predicted octanol–water partition coefficient (Wildman–Crippen LogP) is 2.47. The Bertz CT molecular complexity index is 475. The van der Waals surface area contributed by atoms with Gasteiger partial charge in [-0.05, 0) is 25.1 Å². The molecule has 0 amide bonds. The molecule has 2 aromatic heterocycles. The second-order valence-electron chi connectivity index (χ2n) is 3.49. The van der Waals surface area contributed by atoms with Crippen LogP contribution in [-0.2, 0) is 6.42 Å². The van der Waals surface area contributed by atoms with Crippen LogP contribution in [0.5, 0.6) is 0 Å². The van der Waals surface area contributed by atoms with E-state index < -0.39 is 0 Å². The summed E-state index contributed by atoms with van der Waals surface area (Å²) in [5.41, 5.74) is 2.56. The summed E-state index contributed by atoms with van der Waals surface area (Å²) in [4.78, 5) is 4.45. The molecule has 0 fully saturated rings. The zero-order valence-electron chi connectivity index (χ0n) is 8.64. The number of nitrogens with one attached hydrogen (secondary N) is 1. The SMILES string of the molecule is CC(=N)C=CCc1cn2ccccc2n1. The maximum absolute atomic E-state index is 7.26. The third-order valence-electron chi connectivity index (χ3n) is 2.11. The topological polar surface area (TPSA) is 41.2 Å². The van der Waals surface area contributed by atoms with E-state index in [1.165, 1.54) is 0 Å². The van der Waals surface area contributed by atoms with Crippen molar-refractivity contribution in [1.82, 2.24) is 9.38 Å². The van der Waals surface area contributed by atoms with E-state index >= 15 is 0 Å². The lowest BCUT2D eigenvalue weighted by Crippen LogP contribution is -1.82. The average molecular weight is 199 g/mol. The van der Waals surface area contributed by atoms with Gasteiger partial charge in [0.25, 0.3) is 0 Å². The number of aromatic nitrogens is 2. The van der Waals surface area contributed by atoms with E-state index in [0.29, 0.717) is 5.71 Å². The van der Waals surface area contributed by atoms with Crippen molar-refractivity contribution < 1.29 is 0 Å². The number of imidazole rings is 1.